The summed E-state index contributed by atoms with van der Waals surface area (Å²) in [6.07, 6.45) is 5.46. The second-order valence-electron chi connectivity index (χ2n) is 9.53. The number of fused-ring (bicyclic) bond motifs is 1. The molecule has 3 heterocycles. The van der Waals surface area contributed by atoms with Crippen molar-refractivity contribution in [2.75, 3.05) is 18.4 Å². The Labute approximate surface area is 216 Å². The lowest BCUT2D eigenvalue weighted by molar-refractivity contribution is -0.136. The predicted molar refractivity (Wildman–Crippen MR) is 143 cm³/mol. The number of carboxylic acids is 1. The molecule has 8 heteroatoms. The smallest absolute Gasteiger partial charge is 0.307 e. The highest BCUT2D eigenvalue weighted by atomic mass is 16.5. The molecule has 1 aliphatic rings. The van der Waals surface area contributed by atoms with Crippen LogP contribution in [-0.4, -0.2) is 45.0 Å². The van der Waals surface area contributed by atoms with Crippen LogP contribution >= 0.6 is 0 Å². The van der Waals surface area contributed by atoms with Crippen molar-refractivity contribution >= 4 is 11.7 Å². The first-order valence-corrected chi connectivity index (χ1v) is 12.4. The lowest BCUT2D eigenvalue weighted by Crippen LogP contribution is -2.43. The summed E-state index contributed by atoms with van der Waals surface area (Å²) in [5.41, 5.74) is 5.91. The Balaban J connectivity index is 1.32. The summed E-state index contributed by atoms with van der Waals surface area (Å²) in [4.78, 5) is 15.7. The number of carboxylic acid groups (broad SMARTS) is 1. The van der Waals surface area contributed by atoms with E-state index >= 15 is 0 Å². The molecule has 0 radical (unpaired) electrons. The van der Waals surface area contributed by atoms with Gasteiger partial charge < -0.3 is 20.5 Å². The van der Waals surface area contributed by atoms with Crippen LogP contribution in [0.25, 0.3) is 11.1 Å². The molecule has 0 fully saturated rings. The molecule has 4 aromatic rings. The summed E-state index contributed by atoms with van der Waals surface area (Å²) in [6, 6.07) is 20.1. The SMILES string of the molecule is C[C@@H](CN[C@H](c1ccccc1)[C@@H]1CNc2cc(-c3cnn(C)c3)cnc2O1)c1cccc(CC(=O)O)c1. The third-order valence-corrected chi connectivity index (χ3v) is 6.70. The molecule has 8 nitrogen and oxygen atoms in total. The first-order valence-electron chi connectivity index (χ1n) is 12.4. The number of nitrogens with zero attached hydrogens (tertiary/aromatic N) is 3. The van der Waals surface area contributed by atoms with Gasteiger partial charge in [0.15, 0.2) is 0 Å². The predicted octanol–water partition coefficient (Wildman–Crippen LogP) is 4.42. The number of carbonyl (C=O) groups is 1. The maximum absolute atomic E-state index is 11.1. The van der Waals surface area contributed by atoms with E-state index in [1.807, 2.05) is 74.2 Å². The number of pyridine rings is 1. The molecule has 3 atom stereocenters. The van der Waals surface area contributed by atoms with Crippen molar-refractivity contribution in [2.45, 2.75) is 31.4 Å². The van der Waals surface area contributed by atoms with Crippen molar-refractivity contribution in [2.24, 2.45) is 7.05 Å². The number of aliphatic carboxylic acids is 1. The normalized spacial score (nSPS) is 16.2. The van der Waals surface area contributed by atoms with Crippen molar-refractivity contribution in [1.29, 1.82) is 0 Å². The molecule has 2 aromatic carbocycles. The highest BCUT2D eigenvalue weighted by Crippen LogP contribution is 2.34. The molecule has 2 aromatic heterocycles. The minimum Gasteiger partial charge on any atom is -0.481 e. The number of anilines is 1. The monoisotopic (exact) mass is 497 g/mol. The summed E-state index contributed by atoms with van der Waals surface area (Å²) in [5.74, 6) is -0.0551. The summed E-state index contributed by atoms with van der Waals surface area (Å²) in [6.45, 7) is 3.47. The number of ether oxygens (including phenoxy) is 1. The van der Waals surface area contributed by atoms with E-state index in [1.165, 1.54) is 0 Å². The van der Waals surface area contributed by atoms with Gasteiger partial charge in [0.1, 0.15) is 6.10 Å². The van der Waals surface area contributed by atoms with E-state index in [2.05, 4.69) is 39.8 Å². The average molecular weight is 498 g/mol. The van der Waals surface area contributed by atoms with E-state index in [-0.39, 0.29) is 24.5 Å². The fourth-order valence-corrected chi connectivity index (χ4v) is 4.71. The number of nitrogens with one attached hydrogen (secondary N) is 2. The third kappa shape index (κ3) is 5.81. The molecule has 5 rings (SSSR count). The Hall–Kier alpha value is -4.17. The van der Waals surface area contributed by atoms with Crippen molar-refractivity contribution in [3.8, 4) is 17.0 Å². The van der Waals surface area contributed by atoms with Crippen LogP contribution in [0.2, 0.25) is 0 Å². The van der Waals surface area contributed by atoms with E-state index < -0.39 is 5.97 Å². The summed E-state index contributed by atoms with van der Waals surface area (Å²) in [7, 11) is 1.89. The van der Waals surface area contributed by atoms with Crippen LogP contribution in [0.5, 0.6) is 5.88 Å². The fourth-order valence-electron chi connectivity index (χ4n) is 4.71. The summed E-state index contributed by atoms with van der Waals surface area (Å²) < 4.78 is 8.20. The van der Waals surface area contributed by atoms with E-state index in [0.29, 0.717) is 19.0 Å². The zero-order valence-corrected chi connectivity index (χ0v) is 21.0. The zero-order valence-electron chi connectivity index (χ0n) is 21.0. The number of aryl methyl sites for hydroxylation is 1. The van der Waals surface area contributed by atoms with E-state index in [0.717, 1.165) is 33.5 Å². The number of hydrogen-bond acceptors (Lipinski definition) is 6. The van der Waals surface area contributed by atoms with Gasteiger partial charge >= 0.3 is 5.97 Å². The maximum Gasteiger partial charge on any atom is 0.307 e. The number of benzene rings is 2. The quantitative estimate of drug-likeness (QED) is 0.315. The second kappa shape index (κ2) is 10.8. The molecule has 0 amide bonds. The molecule has 1 aliphatic heterocycles. The first kappa shape index (κ1) is 24.5. The van der Waals surface area contributed by atoms with Crippen LogP contribution in [0.15, 0.2) is 79.3 Å². The topological polar surface area (TPSA) is 101 Å². The van der Waals surface area contributed by atoms with Crippen LogP contribution in [0.4, 0.5) is 5.69 Å². The van der Waals surface area contributed by atoms with Gasteiger partial charge in [0.05, 0.1) is 30.9 Å². The van der Waals surface area contributed by atoms with Crippen LogP contribution in [0.1, 0.15) is 35.6 Å². The van der Waals surface area contributed by atoms with Crippen molar-refractivity contribution in [1.82, 2.24) is 20.1 Å². The number of rotatable bonds is 9. The van der Waals surface area contributed by atoms with Crippen LogP contribution < -0.4 is 15.4 Å². The van der Waals surface area contributed by atoms with Gasteiger partial charge in [0, 0.05) is 37.1 Å². The lowest BCUT2D eigenvalue weighted by atomic mass is 9.95. The summed E-state index contributed by atoms with van der Waals surface area (Å²) in [5, 5.41) is 20.6. The van der Waals surface area contributed by atoms with Gasteiger partial charge in [-0.1, -0.05) is 61.5 Å². The Morgan fingerprint density at radius 2 is 1.95 bits per heavy atom. The molecule has 0 saturated heterocycles. The first-order chi connectivity index (χ1) is 18.0. The Morgan fingerprint density at radius 3 is 2.70 bits per heavy atom. The Bertz CT molecular complexity index is 1370. The Kier molecular flexibility index (Phi) is 7.18. The van der Waals surface area contributed by atoms with E-state index in [9.17, 15) is 4.79 Å². The van der Waals surface area contributed by atoms with Crippen LogP contribution in [0.3, 0.4) is 0 Å². The van der Waals surface area contributed by atoms with Gasteiger partial charge in [0.25, 0.3) is 0 Å². The fraction of sp³-hybridized carbons (Fsp3) is 0.276. The standard InChI is InChI=1S/C29H31N5O3/c1-19(22-10-6-7-20(11-22)12-27(35)36)14-31-28(21-8-4-3-5-9-21)26-17-30-25-13-23(15-32-29(25)37-26)24-16-33-34(2)18-24/h3-11,13,15-16,18-19,26,28,30-31H,12,14,17H2,1-2H3,(H,35,36)/t19-,26-,28+/m0/s1. The largest absolute Gasteiger partial charge is 0.481 e. The minimum atomic E-state index is -0.824. The maximum atomic E-state index is 11.1. The molecule has 0 saturated carbocycles. The highest BCUT2D eigenvalue weighted by Gasteiger charge is 2.30. The van der Waals surface area contributed by atoms with E-state index in [1.54, 1.807) is 4.68 Å². The molecule has 0 spiro atoms. The zero-order chi connectivity index (χ0) is 25.8. The van der Waals surface area contributed by atoms with Crippen molar-refractivity contribution < 1.29 is 14.6 Å². The van der Waals surface area contributed by atoms with Crippen molar-refractivity contribution in [3.05, 3.63) is 95.9 Å². The molecular weight excluding hydrogens is 466 g/mol. The Morgan fingerprint density at radius 1 is 1.14 bits per heavy atom. The number of aromatic nitrogens is 3. The van der Waals surface area contributed by atoms with Gasteiger partial charge in [-0.05, 0) is 28.7 Å². The lowest BCUT2D eigenvalue weighted by Gasteiger charge is -2.34. The van der Waals surface area contributed by atoms with E-state index in [4.69, 9.17) is 9.84 Å². The third-order valence-electron chi connectivity index (χ3n) is 6.70. The van der Waals surface area contributed by atoms with Gasteiger partial charge in [0.2, 0.25) is 5.88 Å². The van der Waals surface area contributed by atoms with Gasteiger partial charge in [-0.15, -0.1) is 0 Å². The number of hydrogen-bond donors (Lipinski definition) is 3. The molecule has 190 valence electrons. The van der Waals surface area contributed by atoms with Gasteiger partial charge in [-0.2, -0.15) is 5.10 Å². The molecule has 0 unspecified atom stereocenters. The van der Waals surface area contributed by atoms with Crippen LogP contribution in [-0.2, 0) is 18.3 Å². The molecular formula is C29H31N5O3. The summed E-state index contributed by atoms with van der Waals surface area (Å²) >= 11 is 0. The second-order valence-corrected chi connectivity index (χ2v) is 9.53. The average Bonchev–Trinajstić information content (AvgIpc) is 3.35. The minimum absolute atomic E-state index is 0.0249. The molecule has 0 bridgehead atoms. The van der Waals surface area contributed by atoms with Crippen molar-refractivity contribution in [3.63, 3.8) is 0 Å². The molecule has 0 aliphatic carbocycles. The highest BCUT2D eigenvalue weighted by molar-refractivity contribution is 5.70. The van der Waals surface area contributed by atoms with Gasteiger partial charge in [-0.3, -0.25) is 9.48 Å². The van der Waals surface area contributed by atoms with Gasteiger partial charge in [-0.25, -0.2) is 4.98 Å². The molecule has 3 N–H and O–H groups in total. The van der Waals surface area contributed by atoms with Crippen LogP contribution in [0, 0.1) is 0 Å². The molecule has 37 heavy (non-hydrogen) atoms.